The van der Waals surface area contributed by atoms with Crippen LogP contribution in [0, 0.1) is 11.8 Å². The van der Waals surface area contributed by atoms with E-state index < -0.39 is 0 Å². The van der Waals surface area contributed by atoms with Crippen LogP contribution in [0.15, 0.2) is 0 Å². The summed E-state index contributed by atoms with van der Waals surface area (Å²) in [6.07, 6.45) is 8.89. The predicted molar refractivity (Wildman–Crippen MR) is 85.5 cm³/mol. The van der Waals surface area contributed by atoms with E-state index in [1.807, 2.05) is 0 Å². The second-order valence-electron chi connectivity index (χ2n) is 6.52. The van der Waals surface area contributed by atoms with Crippen molar-refractivity contribution in [2.24, 2.45) is 17.6 Å². The van der Waals surface area contributed by atoms with E-state index in [1.165, 1.54) is 25.7 Å². The zero-order chi connectivity index (χ0) is 15.0. The maximum Gasteiger partial charge on any atom is 0.223 e. The molecule has 1 fully saturated rings. The first-order valence-corrected chi connectivity index (χ1v) is 8.61. The van der Waals surface area contributed by atoms with Crippen molar-refractivity contribution >= 4 is 5.91 Å². The second-order valence-corrected chi connectivity index (χ2v) is 6.52. The summed E-state index contributed by atoms with van der Waals surface area (Å²) >= 11 is 0. The monoisotopic (exact) mass is 282 g/mol. The standard InChI is InChI=1S/C17H34N2O/c1-4-6-11-19(14(3)5-2)17(20)12-15-7-9-16(13-18)10-8-15/h14-16H,4-13,18H2,1-3H3. The Morgan fingerprint density at radius 2 is 1.80 bits per heavy atom. The van der Waals surface area contributed by atoms with Crippen molar-refractivity contribution in [3.63, 3.8) is 0 Å². The zero-order valence-electron chi connectivity index (χ0n) is 13.7. The summed E-state index contributed by atoms with van der Waals surface area (Å²) in [7, 11) is 0. The minimum Gasteiger partial charge on any atom is -0.340 e. The summed E-state index contributed by atoms with van der Waals surface area (Å²) in [5.74, 6) is 1.68. The number of carbonyl (C=O) groups excluding carboxylic acids is 1. The molecule has 0 aliphatic heterocycles. The maximum atomic E-state index is 12.6. The fourth-order valence-electron chi connectivity index (χ4n) is 3.18. The average Bonchev–Trinajstić information content (AvgIpc) is 2.48. The average molecular weight is 282 g/mol. The zero-order valence-corrected chi connectivity index (χ0v) is 13.7. The third kappa shape index (κ3) is 5.43. The first-order valence-electron chi connectivity index (χ1n) is 8.61. The van der Waals surface area contributed by atoms with Crippen LogP contribution in [0.1, 0.15) is 72.1 Å². The van der Waals surface area contributed by atoms with Crippen molar-refractivity contribution in [3.8, 4) is 0 Å². The molecule has 1 atom stereocenters. The van der Waals surface area contributed by atoms with E-state index in [-0.39, 0.29) is 0 Å². The molecule has 1 unspecified atom stereocenters. The fourth-order valence-corrected chi connectivity index (χ4v) is 3.18. The normalized spacial score (nSPS) is 24.4. The molecule has 1 rings (SSSR count). The van der Waals surface area contributed by atoms with Gasteiger partial charge in [0.25, 0.3) is 0 Å². The van der Waals surface area contributed by atoms with Crippen LogP contribution in [0.2, 0.25) is 0 Å². The van der Waals surface area contributed by atoms with Gasteiger partial charge in [-0.25, -0.2) is 0 Å². The molecule has 1 aliphatic carbocycles. The first kappa shape index (κ1) is 17.5. The number of carbonyl (C=O) groups is 1. The Morgan fingerprint density at radius 3 is 2.30 bits per heavy atom. The van der Waals surface area contributed by atoms with Crippen LogP contribution in [0.5, 0.6) is 0 Å². The molecule has 0 heterocycles. The lowest BCUT2D eigenvalue weighted by atomic mass is 9.80. The van der Waals surface area contributed by atoms with Crippen LogP contribution in [0.25, 0.3) is 0 Å². The number of hydrogen-bond donors (Lipinski definition) is 1. The van der Waals surface area contributed by atoms with E-state index in [0.29, 0.717) is 23.8 Å². The van der Waals surface area contributed by atoms with Crippen LogP contribution in [0.3, 0.4) is 0 Å². The number of amides is 1. The van der Waals surface area contributed by atoms with Gasteiger partial charge in [0.15, 0.2) is 0 Å². The van der Waals surface area contributed by atoms with Gasteiger partial charge in [-0.2, -0.15) is 0 Å². The summed E-state index contributed by atoms with van der Waals surface area (Å²) in [5.41, 5.74) is 5.74. The van der Waals surface area contributed by atoms with Crippen LogP contribution < -0.4 is 5.73 Å². The Hall–Kier alpha value is -0.570. The molecule has 118 valence electrons. The molecule has 1 saturated carbocycles. The van der Waals surface area contributed by atoms with Crippen LogP contribution in [0.4, 0.5) is 0 Å². The molecule has 20 heavy (non-hydrogen) atoms. The molecular formula is C17H34N2O. The Labute approximate surface area is 125 Å². The minimum atomic E-state index is 0.379. The highest BCUT2D eigenvalue weighted by Crippen LogP contribution is 2.30. The molecular weight excluding hydrogens is 248 g/mol. The van der Waals surface area contributed by atoms with E-state index in [2.05, 4.69) is 25.7 Å². The van der Waals surface area contributed by atoms with Gasteiger partial charge >= 0.3 is 0 Å². The summed E-state index contributed by atoms with van der Waals surface area (Å²) in [4.78, 5) is 14.7. The summed E-state index contributed by atoms with van der Waals surface area (Å²) in [5, 5.41) is 0. The van der Waals surface area contributed by atoms with Crippen molar-refractivity contribution in [2.45, 2.75) is 78.2 Å². The van der Waals surface area contributed by atoms with Gasteiger partial charge in [0.1, 0.15) is 0 Å². The lowest BCUT2D eigenvalue weighted by molar-refractivity contribution is -0.134. The fraction of sp³-hybridized carbons (Fsp3) is 0.941. The summed E-state index contributed by atoms with van der Waals surface area (Å²) in [6.45, 7) is 8.29. The molecule has 0 spiro atoms. The Kier molecular flexibility index (Phi) is 8.20. The Bertz CT molecular complexity index is 272. The third-order valence-electron chi connectivity index (χ3n) is 4.96. The SMILES string of the molecule is CCCCN(C(=O)CC1CCC(CN)CC1)C(C)CC. The minimum absolute atomic E-state index is 0.379. The molecule has 3 heteroatoms. The van der Waals surface area contributed by atoms with Gasteiger partial charge in [-0.05, 0) is 63.8 Å². The van der Waals surface area contributed by atoms with Gasteiger partial charge in [0.2, 0.25) is 5.91 Å². The van der Waals surface area contributed by atoms with Crippen molar-refractivity contribution in [3.05, 3.63) is 0 Å². The molecule has 1 aliphatic rings. The topological polar surface area (TPSA) is 46.3 Å². The first-order chi connectivity index (χ1) is 9.62. The maximum absolute atomic E-state index is 12.6. The van der Waals surface area contributed by atoms with Gasteiger partial charge in [-0.15, -0.1) is 0 Å². The van der Waals surface area contributed by atoms with Crippen molar-refractivity contribution in [2.75, 3.05) is 13.1 Å². The van der Waals surface area contributed by atoms with E-state index in [9.17, 15) is 4.79 Å². The number of hydrogen-bond acceptors (Lipinski definition) is 2. The molecule has 0 bridgehead atoms. The highest BCUT2D eigenvalue weighted by atomic mass is 16.2. The van der Waals surface area contributed by atoms with Gasteiger partial charge < -0.3 is 10.6 Å². The Balaban J connectivity index is 2.45. The summed E-state index contributed by atoms with van der Waals surface area (Å²) < 4.78 is 0. The van der Waals surface area contributed by atoms with Crippen LogP contribution >= 0.6 is 0 Å². The highest BCUT2D eigenvalue weighted by molar-refractivity contribution is 5.76. The lowest BCUT2D eigenvalue weighted by Crippen LogP contribution is -2.40. The number of nitrogens with two attached hydrogens (primary N) is 1. The summed E-state index contributed by atoms with van der Waals surface area (Å²) in [6, 6.07) is 0.384. The predicted octanol–water partition coefficient (Wildman–Crippen LogP) is 3.57. The number of rotatable bonds is 8. The van der Waals surface area contributed by atoms with E-state index in [4.69, 9.17) is 5.73 Å². The quantitative estimate of drug-likeness (QED) is 0.740. The Morgan fingerprint density at radius 1 is 1.20 bits per heavy atom. The van der Waals surface area contributed by atoms with Gasteiger partial charge in [0, 0.05) is 19.0 Å². The molecule has 2 N–H and O–H groups in total. The van der Waals surface area contributed by atoms with Gasteiger partial charge in [-0.1, -0.05) is 20.3 Å². The molecule has 0 aromatic carbocycles. The lowest BCUT2D eigenvalue weighted by Gasteiger charge is -2.32. The molecule has 1 amide bonds. The molecule has 0 aromatic heterocycles. The number of unbranched alkanes of at least 4 members (excludes halogenated alkanes) is 1. The van der Waals surface area contributed by atoms with Gasteiger partial charge in [-0.3, -0.25) is 4.79 Å². The highest BCUT2D eigenvalue weighted by Gasteiger charge is 2.25. The van der Waals surface area contributed by atoms with E-state index in [1.54, 1.807) is 0 Å². The van der Waals surface area contributed by atoms with Gasteiger partial charge in [0.05, 0.1) is 0 Å². The molecule has 0 radical (unpaired) electrons. The van der Waals surface area contributed by atoms with Crippen LogP contribution in [-0.2, 0) is 4.79 Å². The van der Waals surface area contributed by atoms with Crippen molar-refractivity contribution in [1.82, 2.24) is 4.90 Å². The van der Waals surface area contributed by atoms with Crippen LogP contribution in [-0.4, -0.2) is 29.9 Å². The molecule has 0 saturated heterocycles. The molecule has 0 aromatic rings. The van der Waals surface area contributed by atoms with Crippen molar-refractivity contribution in [1.29, 1.82) is 0 Å². The number of nitrogens with zero attached hydrogens (tertiary/aromatic N) is 1. The van der Waals surface area contributed by atoms with Crippen molar-refractivity contribution < 1.29 is 4.79 Å². The third-order valence-corrected chi connectivity index (χ3v) is 4.96. The largest absolute Gasteiger partial charge is 0.340 e. The smallest absolute Gasteiger partial charge is 0.223 e. The molecule has 3 nitrogen and oxygen atoms in total. The second kappa shape index (κ2) is 9.38. The van der Waals surface area contributed by atoms with E-state index >= 15 is 0 Å². The van der Waals surface area contributed by atoms with E-state index in [0.717, 1.165) is 38.8 Å².